The number of imidazole rings is 1. The summed E-state index contributed by atoms with van der Waals surface area (Å²) in [6.45, 7) is 3.89. The van der Waals surface area contributed by atoms with Gasteiger partial charge in [0.1, 0.15) is 5.82 Å². The van der Waals surface area contributed by atoms with Gasteiger partial charge in [-0.25, -0.2) is 4.98 Å². The Kier molecular flexibility index (Phi) is 3.44. The van der Waals surface area contributed by atoms with E-state index in [1.54, 1.807) is 6.07 Å². The van der Waals surface area contributed by atoms with Crippen LogP contribution >= 0.6 is 0 Å². The van der Waals surface area contributed by atoms with Crippen LogP contribution in [0.3, 0.4) is 0 Å². The molecular weight excluding hydrogens is 262 g/mol. The van der Waals surface area contributed by atoms with Crippen LogP contribution < -0.4 is 5.32 Å². The number of nitrogens with zero attached hydrogens (tertiary/aromatic N) is 1. The topological polar surface area (TPSA) is 57.8 Å². The second kappa shape index (κ2) is 5.40. The van der Waals surface area contributed by atoms with Gasteiger partial charge in [0, 0.05) is 17.2 Å². The van der Waals surface area contributed by atoms with Gasteiger partial charge in [0.05, 0.1) is 11.0 Å². The molecule has 0 aliphatic rings. The van der Waals surface area contributed by atoms with E-state index in [4.69, 9.17) is 0 Å². The Bertz CT molecular complexity index is 775. The summed E-state index contributed by atoms with van der Waals surface area (Å²) in [4.78, 5) is 19.9. The van der Waals surface area contributed by atoms with Crippen molar-refractivity contribution in [3.05, 3.63) is 54.1 Å². The van der Waals surface area contributed by atoms with Crippen LogP contribution in [-0.2, 0) is 0 Å². The van der Waals surface area contributed by atoms with Gasteiger partial charge in [-0.15, -0.1) is 0 Å². The first kappa shape index (κ1) is 13.4. The first-order chi connectivity index (χ1) is 10.1. The fourth-order valence-electron chi connectivity index (χ4n) is 2.23. The molecule has 4 heteroatoms. The normalized spacial score (nSPS) is 11.0. The van der Waals surface area contributed by atoms with E-state index in [2.05, 4.69) is 15.3 Å². The van der Waals surface area contributed by atoms with Crippen LogP contribution in [0, 0.1) is 0 Å². The van der Waals surface area contributed by atoms with E-state index in [9.17, 15) is 4.79 Å². The number of carbonyl (C=O) groups is 1. The fourth-order valence-corrected chi connectivity index (χ4v) is 2.23. The van der Waals surface area contributed by atoms with Gasteiger partial charge in [-0.05, 0) is 32.0 Å². The van der Waals surface area contributed by atoms with Crippen molar-refractivity contribution in [2.24, 2.45) is 0 Å². The highest BCUT2D eigenvalue weighted by Crippen LogP contribution is 2.21. The van der Waals surface area contributed by atoms with Crippen molar-refractivity contribution in [2.75, 3.05) is 0 Å². The first-order valence-corrected chi connectivity index (χ1v) is 6.99. The third-order valence-electron chi connectivity index (χ3n) is 3.21. The Morgan fingerprint density at radius 1 is 1.14 bits per heavy atom. The van der Waals surface area contributed by atoms with E-state index in [1.165, 1.54) is 0 Å². The lowest BCUT2D eigenvalue weighted by molar-refractivity contribution is 0.0943. The molecule has 0 spiro atoms. The van der Waals surface area contributed by atoms with Crippen molar-refractivity contribution >= 4 is 16.9 Å². The summed E-state index contributed by atoms with van der Waals surface area (Å²) < 4.78 is 0. The van der Waals surface area contributed by atoms with Crippen molar-refractivity contribution < 1.29 is 4.79 Å². The van der Waals surface area contributed by atoms with Crippen LogP contribution in [-0.4, -0.2) is 21.9 Å². The highest BCUT2D eigenvalue weighted by Gasteiger charge is 2.10. The molecule has 1 amide bonds. The van der Waals surface area contributed by atoms with E-state index >= 15 is 0 Å². The zero-order valence-electron chi connectivity index (χ0n) is 12.1. The second-order valence-electron chi connectivity index (χ2n) is 5.31. The zero-order chi connectivity index (χ0) is 14.8. The zero-order valence-corrected chi connectivity index (χ0v) is 12.1. The number of hydrogen-bond acceptors (Lipinski definition) is 2. The average molecular weight is 279 g/mol. The van der Waals surface area contributed by atoms with Crippen molar-refractivity contribution in [1.82, 2.24) is 15.3 Å². The van der Waals surface area contributed by atoms with E-state index < -0.39 is 0 Å². The molecule has 0 aliphatic carbocycles. The summed E-state index contributed by atoms with van der Waals surface area (Å²) in [5.41, 5.74) is 3.39. The van der Waals surface area contributed by atoms with E-state index in [1.807, 2.05) is 56.3 Å². The van der Waals surface area contributed by atoms with Crippen LogP contribution in [0.25, 0.3) is 22.4 Å². The van der Waals surface area contributed by atoms with Gasteiger partial charge in [-0.2, -0.15) is 0 Å². The molecule has 0 fully saturated rings. The number of hydrogen-bond donors (Lipinski definition) is 2. The molecule has 106 valence electrons. The molecule has 3 rings (SSSR count). The fraction of sp³-hybridized carbons (Fsp3) is 0.176. The minimum absolute atomic E-state index is 0.0669. The molecule has 0 atom stereocenters. The lowest BCUT2D eigenvalue weighted by atomic mass is 10.2. The van der Waals surface area contributed by atoms with Gasteiger partial charge in [-0.1, -0.05) is 30.3 Å². The second-order valence-corrected chi connectivity index (χ2v) is 5.31. The number of aromatic nitrogens is 2. The smallest absolute Gasteiger partial charge is 0.251 e. The number of benzene rings is 2. The van der Waals surface area contributed by atoms with Crippen LogP contribution in [0.2, 0.25) is 0 Å². The molecule has 2 N–H and O–H groups in total. The van der Waals surface area contributed by atoms with Crippen molar-refractivity contribution in [3.8, 4) is 11.4 Å². The Balaban J connectivity index is 1.97. The molecule has 0 radical (unpaired) electrons. The number of fused-ring (bicyclic) bond motifs is 1. The van der Waals surface area contributed by atoms with Crippen molar-refractivity contribution in [3.63, 3.8) is 0 Å². The maximum atomic E-state index is 12.0. The molecule has 0 aliphatic heterocycles. The van der Waals surface area contributed by atoms with Gasteiger partial charge in [0.15, 0.2) is 0 Å². The SMILES string of the molecule is CC(C)NC(=O)c1ccc2nc(-c3ccccc3)[nH]c2c1. The van der Waals surface area contributed by atoms with Crippen LogP contribution in [0.1, 0.15) is 24.2 Å². The van der Waals surface area contributed by atoms with Crippen LogP contribution in [0.15, 0.2) is 48.5 Å². The predicted octanol–water partition coefficient (Wildman–Crippen LogP) is 3.37. The average Bonchev–Trinajstić information content (AvgIpc) is 2.90. The number of rotatable bonds is 3. The molecule has 0 bridgehead atoms. The highest BCUT2D eigenvalue weighted by atomic mass is 16.1. The number of H-pyrrole nitrogens is 1. The molecule has 0 unspecified atom stereocenters. The van der Waals surface area contributed by atoms with Crippen molar-refractivity contribution in [2.45, 2.75) is 19.9 Å². The number of aromatic amines is 1. The lowest BCUT2D eigenvalue weighted by Crippen LogP contribution is -2.29. The van der Waals surface area contributed by atoms with Gasteiger partial charge >= 0.3 is 0 Å². The van der Waals surface area contributed by atoms with Gasteiger partial charge in [0.25, 0.3) is 5.91 Å². The quantitative estimate of drug-likeness (QED) is 0.772. The largest absolute Gasteiger partial charge is 0.350 e. The molecule has 4 nitrogen and oxygen atoms in total. The Labute approximate surface area is 123 Å². The van der Waals surface area contributed by atoms with E-state index in [0.717, 1.165) is 22.4 Å². The van der Waals surface area contributed by atoms with Gasteiger partial charge in [0.2, 0.25) is 0 Å². The molecule has 21 heavy (non-hydrogen) atoms. The summed E-state index contributed by atoms with van der Waals surface area (Å²) in [5.74, 6) is 0.745. The van der Waals surface area contributed by atoms with Crippen molar-refractivity contribution in [1.29, 1.82) is 0 Å². The predicted molar refractivity (Wildman–Crippen MR) is 84.1 cm³/mol. The Hall–Kier alpha value is -2.62. The minimum atomic E-state index is -0.0669. The third-order valence-corrected chi connectivity index (χ3v) is 3.21. The Morgan fingerprint density at radius 3 is 2.62 bits per heavy atom. The first-order valence-electron chi connectivity index (χ1n) is 6.99. The number of amides is 1. The molecule has 3 aromatic rings. The number of carbonyl (C=O) groups excluding carboxylic acids is 1. The maximum Gasteiger partial charge on any atom is 0.251 e. The molecule has 0 saturated heterocycles. The summed E-state index contributed by atoms with van der Waals surface area (Å²) in [7, 11) is 0. The van der Waals surface area contributed by atoms with E-state index in [0.29, 0.717) is 5.56 Å². The molecular formula is C17H17N3O. The molecule has 0 saturated carbocycles. The van der Waals surface area contributed by atoms with Gasteiger partial charge in [-0.3, -0.25) is 4.79 Å². The molecule has 2 aromatic carbocycles. The monoisotopic (exact) mass is 279 g/mol. The molecule has 1 heterocycles. The summed E-state index contributed by atoms with van der Waals surface area (Å²) in [6.07, 6.45) is 0. The standard InChI is InChI=1S/C17H17N3O/c1-11(2)18-17(21)13-8-9-14-15(10-13)20-16(19-14)12-6-4-3-5-7-12/h3-11H,1-2H3,(H,18,21)(H,19,20). The summed E-state index contributed by atoms with van der Waals surface area (Å²) in [6, 6.07) is 15.6. The third kappa shape index (κ3) is 2.79. The summed E-state index contributed by atoms with van der Waals surface area (Å²) >= 11 is 0. The molecule has 1 aromatic heterocycles. The highest BCUT2D eigenvalue weighted by molar-refractivity contribution is 5.97. The maximum absolute atomic E-state index is 12.0. The van der Waals surface area contributed by atoms with Crippen LogP contribution in [0.4, 0.5) is 0 Å². The van der Waals surface area contributed by atoms with E-state index in [-0.39, 0.29) is 11.9 Å². The minimum Gasteiger partial charge on any atom is -0.350 e. The van der Waals surface area contributed by atoms with Gasteiger partial charge < -0.3 is 10.3 Å². The van der Waals surface area contributed by atoms with Crippen LogP contribution in [0.5, 0.6) is 0 Å². The Morgan fingerprint density at radius 2 is 1.90 bits per heavy atom. The number of nitrogens with one attached hydrogen (secondary N) is 2. The lowest BCUT2D eigenvalue weighted by Gasteiger charge is -2.07. The summed E-state index contributed by atoms with van der Waals surface area (Å²) in [5, 5.41) is 2.89.